The number of hydrogen-bond donors (Lipinski definition) is 7. The van der Waals surface area contributed by atoms with Gasteiger partial charge in [0.2, 0.25) is 0 Å². The molecule has 11 unspecified atom stereocenters. The molecule has 0 spiro atoms. The van der Waals surface area contributed by atoms with E-state index in [4.69, 9.17) is 28.4 Å². The van der Waals surface area contributed by atoms with E-state index in [-0.39, 0.29) is 25.6 Å². The molecule has 0 amide bonds. The summed E-state index contributed by atoms with van der Waals surface area (Å²) in [6.45, 7) is 3.67. The third-order valence-electron chi connectivity index (χ3n) is 15.7. The van der Waals surface area contributed by atoms with Gasteiger partial charge in [0, 0.05) is 13.0 Å². The van der Waals surface area contributed by atoms with Crippen LogP contribution >= 0.6 is 0 Å². The Bertz CT molecular complexity index is 1650. The zero-order valence-corrected chi connectivity index (χ0v) is 52.2. The maximum Gasteiger partial charge on any atom is 0.306 e. The second kappa shape index (κ2) is 54.8. The van der Waals surface area contributed by atoms with Crippen LogP contribution in [0, 0.1) is 0 Å². The second-order valence-electron chi connectivity index (χ2n) is 23.3. The molecule has 0 aromatic carbocycles. The van der Waals surface area contributed by atoms with Crippen LogP contribution in [-0.4, -0.2) is 142 Å². The lowest BCUT2D eigenvalue weighted by atomic mass is 9.98. The number of rotatable bonds is 55. The molecule has 2 rings (SSSR count). The van der Waals surface area contributed by atoms with Crippen LogP contribution in [0.3, 0.4) is 0 Å². The van der Waals surface area contributed by atoms with Crippen LogP contribution in [0.4, 0.5) is 0 Å². The summed E-state index contributed by atoms with van der Waals surface area (Å²) in [6, 6.07) is 0. The zero-order valence-electron chi connectivity index (χ0n) is 52.2. The first kappa shape index (κ1) is 76.5. The summed E-state index contributed by atoms with van der Waals surface area (Å²) in [7, 11) is 0. The number of ether oxygens (including phenoxy) is 6. The molecule has 2 fully saturated rings. The molecule has 2 heterocycles. The van der Waals surface area contributed by atoms with E-state index in [2.05, 4.69) is 86.8 Å². The molecule has 2 aliphatic heterocycles. The average molecular weight is 1180 g/mol. The molecule has 0 bridgehead atoms. The fraction of sp³-hybridized carbons (Fsp3) is 0.812. The minimum Gasteiger partial charge on any atom is -0.457 e. The molecule has 83 heavy (non-hydrogen) atoms. The number of hydrogen-bond acceptors (Lipinski definition) is 14. The minimum absolute atomic E-state index is 0.0537. The number of carbonyl (C=O) groups is 1. The first-order chi connectivity index (χ1) is 40.6. The molecule has 0 aromatic rings. The molecule has 14 heteroatoms. The van der Waals surface area contributed by atoms with Gasteiger partial charge < -0.3 is 64.2 Å². The summed E-state index contributed by atoms with van der Waals surface area (Å²) in [4.78, 5) is 13.1. The van der Waals surface area contributed by atoms with Gasteiger partial charge in [0.05, 0.1) is 26.4 Å². The van der Waals surface area contributed by atoms with Crippen molar-refractivity contribution in [1.29, 1.82) is 0 Å². The van der Waals surface area contributed by atoms with Crippen molar-refractivity contribution in [3.63, 3.8) is 0 Å². The molecule has 2 saturated heterocycles. The molecule has 482 valence electrons. The van der Waals surface area contributed by atoms with Crippen molar-refractivity contribution in [2.24, 2.45) is 0 Å². The van der Waals surface area contributed by atoms with Gasteiger partial charge in [0.15, 0.2) is 12.6 Å². The maximum absolute atomic E-state index is 13.1. The number of aliphatic hydroxyl groups is 7. The molecule has 0 aromatic heterocycles. The highest BCUT2D eigenvalue weighted by Gasteiger charge is 2.47. The fourth-order valence-corrected chi connectivity index (χ4v) is 10.3. The van der Waals surface area contributed by atoms with Gasteiger partial charge in [0.1, 0.15) is 54.9 Å². The Morgan fingerprint density at radius 1 is 0.398 bits per heavy atom. The standard InChI is InChI=1S/C69H122O14/c1-3-5-7-9-11-13-15-17-19-21-23-25-27-29-30-32-34-36-38-40-42-44-46-48-50-52-61(71)81-58(56-79-68-67(77)65(75)63(73)60(83-68)57-80-69-66(76)64(74)62(72)59(54-70)82-69)55-78-53-51-49-47-45-43-41-39-37-35-33-31-28-26-24-22-20-18-16-14-12-10-8-6-4-2/h15-18,21-24,27-29,31,58-60,62-70,72-77H,3-14,19-20,25-26,30,32-57H2,1-2H3/b17-15-,18-16-,23-21-,24-22-,29-27-,31-28-. The molecule has 0 radical (unpaired) electrons. The second-order valence-corrected chi connectivity index (χ2v) is 23.3. The largest absolute Gasteiger partial charge is 0.457 e. The van der Waals surface area contributed by atoms with Crippen molar-refractivity contribution in [3.8, 4) is 0 Å². The summed E-state index contributed by atoms with van der Waals surface area (Å²) in [5.74, 6) is -0.381. The minimum atomic E-state index is -1.71. The van der Waals surface area contributed by atoms with Gasteiger partial charge in [-0.3, -0.25) is 4.79 Å². The van der Waals surface area contributed by atoms with E-state index in [0.717, 1.165) is 77.0 Å². The Labute approximate surface area is 504 Å². The summed E-state index contributed by atoms with van der Waals surface area (Å²) in [5.41, 5.74) is 0. The topological polar surface area (TPSA) is 214 Å². The van der Waals surface area contributed by atoms with E-state index in [9.17, 15) is 40.5 Å². The Morgan fingerprint density at radius 3 is 1.17 bits per heavy atom. The summed E-state index contributed by atoms with van der Waals surface area (Å²) < 4.78 is 34.5. The Balaban J connectivity index is 1.67. The smallest absolute Gasteiger partial charge is 0.306 e. The van der Waals surface area contributed by atoms with Crippen LogP contribution in [0.5, 0.6) is 0 Å². The lowest BCUT2D eigenvalue weighted by molar-refractivity contribution is -0.332. The normalized spacial score (nSPS) is 23.9. The van der Waals surface area contributed by atoms with Crippen molar-refractivity contribution >= 4 is 5.97 Å². The van der Waals surface area contributed by atoms with E-state index < -0.39 is 80.7 Å². The molecular weight excluding hydrogens is 1050 g/mol. The quantitative estimate of drug-likeness (QED) is 0.0171. The molecule has 7 N–H and O–H groups in total. The molecule has 0 saturated carbocycles. The summed E-state index contributed by atoms with van der Waals surface area (Å²) in [6.07, 6.45) is 55.3. The summed E-state index contributed by atoms with van der Waals surface area (Å²) >= 11 is 0. The van der Waals surface area contributed by atoms with Gasteiger partial charge >= 0.3 is 5.97 Å². The molecule has 0 aliphatic carbocycles. The van der Waals surface area contributed by atoms with Crippen molar-refractivity contribution < 1.29 is 69.0 Å². The molecule has 11 atom stereocenters. The lowest BCUT2D eigenvalue weighted by Gasteiger charge is -2.42. The van der Waals surface area contributed by atoms with Crippen LogP contribution in [0.15, 0.2) is 72.9 Å². The van der Waals surface area contributed by atoms with Gasteiger partial charge in [-0.2, -0.15) is 0 Å². The number of carbonyl (C=O) groups excluding carboxylic acids is 1. The molecule has 2 aliphatic rings. The molecule has 14 nitrogen and oxygen atoms in total. The first-order valence-corrected chi connectivity index (χ1v) is 33.5. The van der Waals surface area contributed by atoms with Gasteiger partial charge in [-0.05, 0) is 89.9 Å². The predicted octanol–water partition coefficient (Wildman–Crippen LogP) is 13.8. The van der Waals surface area contributed by atoms with Crippen LogP contribution < -0.4 is 0 Å². The van der Waals surface area contributed by atoms with Gasteiger partial charge in [-0.15, -0.1) is 0 Å². The monoisotopic (exact) mass is 1170 g/mol. The summed E-state index contributed by atoms with van der Waals surface area (Å²) in [5, 5.41) is 72.6. The van der Waals surface area contributed by atoms with Crippen LogP contribution in [0.2, 0.25) is 0 Å². The van der Waals surface area contributed by atoms with Crippen LogP contribution in [0.1, 0.15) is 258 Å². The van der Waals surface area contributed by atoms with E-state index in [1.165, 1.54) is 154 Å². The van der Waals surface area contributed by atoms with Crippen molar-refractivity contribution in [3.05, 3.63) is 72.9 Å². The van der Waals surface area contributed by atoms with Crippen molar-refractivity contribution in [2.75, 3.05) is 33.0 Å². The number of esters is 1. The van der Waals surface area contributed by atoms with Crippen LogP contribution in [-0.2, 0) is 33.2 Å². The number of allylic oxidation sites excluding steroid dienone is 12. The highest BCUT2D eigenvalue weighted by molar-refractivity contribution is 5.69. The Morgan fingerprint density at radius 2 is 0.747 bits per heavy atom. The zero-order chi connectivity index (χ0) is 60.1. The van der Waals surface area contributed by atoms with Gasteiger partial charge in [-0.25, -0.2) is 0 Å². The number of aliphatic hydroxyl groups excluding tert-OH is 7. The lowest BCUT2D eigenvalue weighted by Crippen LogP contribution is -2.61. The Kier molecular flexibility index (Phi) is 50.5. The van der Waals surface area contributed by atoms with E-state index in [0.29, 0.717) is 13.0 Å². The highest BCUT2D eigenvalue weighted by atomic mass is 16.7. The highest BCUT2D eigenvalue weighted by Crippen LogP contribution is 2.27. The third-order valence-corrected chi connectivity index (χ3v) is 15.7. The fourth-order valence-electron chi connectivity index (χ4n) is 10.3. The maximum atomic E-state index is 13.1. The van der Waals surface area contributed by atoms with Gasteiger partial charge in [-0.1, -0.05) is 234 Å². The molecular formula is C69H122O14. The van der Waals surface area contributed by atoms with Gasteiger partial charge in [0.25, 0.3) is 0 Å². The predicted molar refractivity (Wildman–Crippen MR) is 335 cm³/mol. The Hall–Kier alpha value is -2.57. The average Bonchev–Trinajstić information content (AvgIpc) is 3.67. The first-order valence-electron chi connectivity index (χ1n) is 33.5. The van der Waals surface area contributed by atoms with E-state index in [1.807, 2.05) is 0 Å². The van der Waals surface area contributed by atoms with Crippen molar-refractivity contribution in [1.82, 2.24) is 0 Å². The third kappa shape index (κ3) is 40.5. The van der Waals surface area contributed by atoms with E-state index in [1.54, 1.807) is 0 Å². The van der Waals surface area contributed by atoms with Crippen molar-refractivity contribution in [2.45, 2.75) is 325 Å². The number of unbranched alkanes of at least 4 members (excludes halogenated alkanes) is 29. The van der Waals surface area contributed by atoms with Crippen LogP contribution in [0.25, 0.3) is 0 Å². The SMILES string of the molecule is CCCCCCC/C=C\C/C=C\C/C=C\CCCCCCCCCCCCC(=O)OC(COCCCCCCCCCCC/C=C\C/C=C\C/C=C\CCCCCCC)COC1OC(COC2OC(CO)C(O)C(O)C2O)C(O)C(O)C1O. The van der Waals surface area contributed by atoms with E-state index >= 15 is 0 Å².